The Hall–Kier alpha value is -1.17. The Bertz CT molecular complexity index is 625. The summed E-state index contributed by atoms with van der Waals surface area (Å²) in [6.45, 7) is 0.553. The third kappa shape index (κ3) is 3.11. The van der Waals surface area contributed by atoms with E-state index in [0.717, 1.165) is 29.7 Å². The number of amides is 1. The van der Waals surface area contributed by atoms with Crippen LogP contribution < -0.4 is 0 Å². The molecule has 20 heavy (non-hydrogen) atoms. The Morgan fingerprint density at radius 3 is 2.50 bits per heavy atom. The third-order valence-electron chi connectivity index (χ3n) is 3.10. The lowest BCUT2D eigenvalue weighted by Gasteiger charge is -2.21. The highest BCUT2D eigenvalue weighted by Gasteiger charge is 2.34. The van der Waals surface area contributed by atoms with Gasteiger partial charge in [-0.2, -0.15) is 0 Å². The molecule has 0 radical (unpaired) electrons. The van der Waals surface area contributed by atoms with Crippen molar-refractivity contribution in [2.24, 2.45) is 0 Å². The molecule has 2 aromatic rings. The second-order valence-electron chi connectivity index (χ2n) is 4.65. The lowest BCUT2D eigenvalue weighted by molar-refractivity contribution is 0.0728. The summed E-state index contributed by atoms with van der Waals surface area (Å²) in [7, 11) is 0. The van der Waals surface area contributed by atoms with Gasteiger partial charge in [0.2, 0.25) is 9.47 Å². The summed E-state index contributed by atoms with van der Waals surface area (Å²) in [5, 5.41) is 8.55. The Labute approximate surface area is 130 Å². The molecule has 1 heterocycles. The van der Waals surface area contributed by atoms with Gasteiger partial charge in [-0.15, -0.1) is 10.2 Å². The lowest BCUT2D eigenvalue weighted by atomic mass is 10.2. The molecule has 0 spiro atoms. The molecule has 4 nitrogen and oxygen atoms in total. The summed E-state index contributed by atoms with van der Waals surface area (Å²) < 4.78 is 0.288. The van der Waals surface area contributed by atoms with Gasteiger partial charge in [0.05, 0.1) is 0 Å². The predicted octanol–water partition coefficient (Wildman–Crippen LogP) is 3.65. The second kappa shape index (κ2) is 5.68. The summed E-state index contributed by atoms with van der Waals surface area (Å²) >= 11 is 12.7. The normalized spacial score (nSPS) is 14.3. The highest BCUT2D eigenvalue weighted by Crippen LogP contribution is 2.31. The number of carbonyl (C=O) groups excluding carboxylic acids is 1. The van der Waals surface area contributed by atoms with E-state index in [4.69, 9.17) is 23.2 Å². The van der Waals surface area contributed by atoms with Gasteiger partial charge in [-0.1, -0.05) is 35.1 Å². The second-order valence-corrected chi connectivity index (χ2v) is 6.65. The van der Waals surface area contributed by atoms with Gasteiger partial charge >= 0.3 is 0 Å². The van der Waals surface area contributed by atoms with Gasteiger partial charge < -0.3 is 4.90 Å². The topological polar surface area (TPSA) is 46.1 Å². The largest absolute Gasteiger partial charge is 0.329 e. The van der Waals surface area contributed by atoms with Gasteiger partial charge in [-0.25, -0.2) is 0 Å². The molecule has 1 aliphatic rings. The Morgan fingerprint density at radius 1 is 1.25 bits per heavy atom. The highest BCUT2D eigenvalue weighted by atomic mass is 35.5. The standard InChI is InChI=1S/C13H11Cl2N3OS/c14-9-3-1-8(2-4-9)7-18(10-5-6-10)12(19)11-16-17-13(15)20-11/h1-4,10H,5-7H2. The van der Waals surface area contributed by atoms with Gasteiger partial charge in [0, 0.05) is 17.6 Å². The molecule has 0 saturated heterocycles. The van der Waals surface area contributed by atoms with Crippen molar-refractivity contribution < 1.29 is 4.79 Å². The van der Waals surface area contributed by atoms with Gasteiger partial charge in [0.1, 0.15) is 0 Å². The minimum Gasteiger partial charge on any atom is -0.329 e. The maximum Gasteiger partial charge on any atom is 0.285 e. The first-order valence-corrected chi connectivity index (χ1v) is 7.75. The molecule has 1 aromatic carbocycles. The average Bonchev–Trinajstić information content (AvgIpc) is 3.19. The van der Waals surface area contributed by atoms with E-state index in [-0.39, 0.29) is 10.4 Å². The fourth-order valence-corrected chi connectivity index (χ4v) is 2.86. The van der Waals surface area contributed by atoms with Crippen molar-refractivity contribution in [1.82, 2.24) is 15.1 Å². The summed E-state index contributed by atoms with van der Waals surface area (Å²) in [6.07, 6.45) is 2.07. The number of benzene rings is 1. The molecule has 0 atom stereocenters. The van der Waals surface area contributed by atoms with Crippen LogP contribution in [0.4, 0.5) is 0 Å². The Morgan fingerprint density at radius 2 is 1.95 bits per heavy atom. The van der Waals surface area contributed by atoms with E-state index in [1.807, 2.05) is 29.2 Å². The first-order chi connectivity index (χ1) is 9.63. The van der Waals surface area contributed by atoms with E-state index in [9.17, 15) is 4.79 Å². The van der Waals surface area contributed by atoms with Crippen molar-refractivity contribution in [3.05, 3.63) is 44.3 Å². The quantitative estimate of drug-likeness (QED) is 0.861. The molecule has 104 valence electrons. The number of aromatic nitrogens is 2. The van der Waals surface area contributed by atoms with Crippen molar-refractivity contribution in [1.29, 1.82) is 0 Å². The van der Waals surface area contributed by atoms with Crippen LogP contribution in [0, 0.1) is 0 Å². The minimum atomic E-state index is -0.105. The van der Waals surface area contributed by atoms with Crippen LogP contribution in [0.15, 0.2) is 24.3 Å². The highest BCUT2D eigenvalue weighted by molar-refractivity contribution is 7.17. The van der Waals surface area contributed by atoms with Crippen LogP contribution in [0.1, 0.15) is 28.2 Å². The summed E-state index contributed by atoms with van der Waals surface area (Å²) in [6, 6.07) is 7.81. The van der Waals surface area contributed by atoms with Crippen molar-refractivity contribution in [3.8, 4) is 0 Å². The van der Waals surface area contributed by atoms with Crippen LogP contribution in [-0.2, 0) is 6.54 Å². The number of hydrogen-bond acceptors (Lipinski definition) is 4. The monoisotopic (exact) mass is 327 g/mol. The third-order valence-corrected chi connectivity index (χ3v) is 4.36. The van der Waals surface area contributed by atoms with E-state index < -0.39 is 0 Å². The SMILES string of the molecule is O=C(c1nnc(Cl)s1)N(Cc1ccc(Cl)cc1)C1CC1. The van der Waals surface area contributed by atoms with Crippen molar-refractivity contribution in [2.45, 2.75) is 25.4 Å². The van der Waals surface area contributed by atoms with E-state index in [2.05, 4.69) is 10.2 Å². The van der Waals surface area contributed by atoms with Gasteiger partial charge in [0.15, 0.2) is 0 Å². The van der Waals surface area contributed by atoms with Crippen LogP contribution >= 0.6 is 34.5 Å². The lowest BCUT2D eigenvalue weighted by Crippen LogP contribution is -2.32. The molecule has 1 saturated carbocycles. The first kappa shape index (κ1) is 13.8. The molecule has 0 unspecified atom stereocenters. The smallest absolute Gasteiger partial charge is 0.285 e. The van der Waals surface area contributed by atoms with Crippen LogP contribution in [0.5, 0.6) is 0 Å². The molecule has 1 aromatic heterocycles. The molecule has 1 aliphatic carbocycles. The van der Waals surface area contributed by atoms with Gasteiger partial charge in [-0.3, -0.25) is 4.79 Å². The molecule has 3 rings (SSSR count). The zero-order valence-electron chi connectivity index (χ0n) is 10.4. The van der Waals surface area contributed by atoms with Crippen molar-refractivity contribution >= 4 is 40.4 Å². The molecule has 7 heteroatoms. The van der Waals surface area contributed by atoms with Gasteiger partial charge in [-0.05, 0) is 42.1 Å². The Balaban J connectivity index is 1.79. The fourth-order valence-electron chi connectivity index (χ4n) is 1.95. The zero-order valence-corrected chi connectivity index (χ0v) is 12.8. The van der Waals surface area contributed by atoms with E-state index in [0.29, 0.717) is 22.6 Å². The summed E-state index contributed by atoms with van der Waals surface area (Å²) in [5.74, 6) is -0.105. The van der Waals surface area contributed by atoms with Crippen molar-refractivity contribution in [3.63, 3.8) is 0 Å². The minimum absolute atomic E-state index is 0.105. The first-order valence-electron chi connectivity index (χ1n) is 6.18. The molecule has 1 amide bonds. The average molecular weight is 328 g/mol. The molecule has 0 aliphatic heterocycles. The van der Waals surface area contributed by atoms with Gasteiger partial charge in [0.25, 0.3) is 5.91 Å². The molecular weight excluding hydrogens is 317 g/mol. The zero-order chi connectivity index (χ0) is 14.1. The van der Waals surface area contributed by atoms with Crippen molar-refractivity contribution in [2.75, 3.05) is 0 Å². The predicted molar refractivity (Wildman–Crippen MR) is 79.3 cm³/mol. The number of carbonyl (C=O) groups is 1. The summed E-state index contributed by atoms with van der Waals surface area (Å²) in [5.41, 5.74) is 1.05. The molecule has 1 fully saturated rings. The number of hydrogen-bond donors (Lipinski definition) is 0. The summed E-state index contributed by atoms with van der Waals surface area (Å²) in [4.78, 5) is 14.3. The van der Waals surface area contributed by atoms with Crippen LogP contribution in [0.25, 0.3) is 0 Å². The van der Waals surface area contributed by atoms with Crippen LogP contribution in [0.3, 0.4) is 0 Å². The van der Waals surface area contributed by atoms with E-state index in [1.165, 1.54) is 0 Å². The number of halogens is 2. The molecule has 0 bridgehead atoms. The van der Waals surface area contributed by atoms with E-state index >= 15 is 0 Å². The van der Waals surface area contributed by atoms with Crippen LogP contribution in [0.2, 0.25) is 9.49 Å². The maximum atomic E-state index is 12.5. The molecule has 0 N–H and O–H groups in total. The number of rotatable bonds is 4. The van der Waals surface area contributed by atoms with Crippen LogP contribution in [-0.4, -0.2) is 27.0 Å². The maximum absolute atomic E-state index is 12.5. The van der Waals surface area contributed by atoms with E-state index in [1.54, 1.807) is 0 Å². The Kier molecular flexibility index (Phi) is 3.92. The fraction of sp³-hybridized carbons (Fsp3) is 0.308. The molecular formula is C13H11Cl2N3OS. The number of nitrogens with zero attached hydrogens (tertiary/aromatic N) is 3.